The number of aliphatic hydroxyl groups excluding tert-OH is 5. The van der Waals surface area contributed by atoms with Crippen LogP contribution in [0.4, 0.5) is 29.5 Å². The van der Waals surface area contributed by atoms with Gasteiger partial charge in [0.15, 0.2) is 108 Å². The number of nitrogens with one attached hydrogen (secondary N) is 3. The standard InChI is InChI=1S/C18H21N5O6.2C18H21N5O5.2C15H19N5O6.3C3H4/c1-26-7-11-14(28-9-27-10-5-3-2-4-6-10)13(24)17(29-11)23-8-20-12-15(23)21-18(19)22-16(12)25;1-25-7-12-15(27-10-26-11-5-3-2-4-6-11)14(24)18(28-12)23-9-22-13-16(19)20-8-21-17(13)23;1-25-7-12-14(24)15(27-10-26-11-5-3-2-4-6-11)18(28-12)23-9-22-13-16(19)20-8-21-17(13)23;1-3-4-24-7-25-11-8(5-23-2)26-14(10(11)21)20-6-17-9-12(20)18-15(16)19-13(9)22;1-3-4-24-7-25-11-10(21)8(5-23-2)26-14(11)20-6-17-9-12(20)18-15(16)19-13(9)22;3*1-3-2/h2-6,8,11,13-14,17,24H,7,9H2,1H3,(H3,19,21,22,25);2*2-6,8-9,12,14-15,18,24H,7,10H2,1H3,(H2,19,20,21);2*1,6,8,10-11,14,21H,4-5,7H2,2H3,(H3,16,18,19,22);3*1H,2H3. The molecule has 0 amide bonds. The summed E-state index contributed by atoms with van der Waals surface area (Å²) in [5.74, 6) is 13.7. The van der Waals surface area contributed by atoms with E-state index in [2.05, 4.69) is 124 Å². The van der Waals surface area contributed by atoms with Gasteiger partial charge in [-0.3, -0.25) is 52.2 Å². The highest BCUT2D eigenvalue weighted by Crippen LogP contribution is 2.40. The smallest absolute Gasteiger partial charge is 0.280 e. The number of aliphatic hydroxyl groups is 5. The molecule has 0 aliphatic carbocycles. The topological polar surface area (TPSA) is 694 Å². The molecule has 53 heteroatoms. The van der Waals surface area contributed by atoms with Crippen LogP contribution in [0.15, 0.2) is 150 Å². The molecule has 3 aromatic carbocycles. The number of aromatic nitrogens is 20. The number of nitrogens with zero attached hydrogens (tertiary/aromatic N) is 17. The summed E-state index contributed by atoms with van der Waals surface area (Å²) in [6.45, 7) is 5.63. The number of fused-ring (bicyclic) bond motifs is 5. The molecular formula is C93H113N25O28. The predicted octanol–water partition coefficient (Wildman–Crippen LogP) is 0.614. The van der Waals surface area contributed by atoms with E-state index in [9.17, 15) is 39.9 Å². The third-order valence-electron chi connectivity index (χ3n) is 21.5. The molecule has 10 aromatic heterocycles. The zero-order valence-corrected chi connectivity index (χ0v) is 80.2. The molecule has 5 fully saturated rings. The first-order valence-corrected chi connectivity index (χ1v) is 44.2. The van der Waals surface area contributed by atoms with Crippen LogP contribution in [0.1, 0.15) is 51.9 Å². The van der Waals surface area contributed by atoms with Crippen molar-refractivity contribution in [2.45, 2.75) is 143 Å². The van der Waals surface area contributed by atoms with Gasteiger partial charge in [0.1, 0.15) is 159 Å². The molecule has 15 heterocycles. The Balaban J connectivity index is 0.000000170. The van der Waals surface area contributed by atoms with Gasteiger partial charge in [-0.05, 0) is 57.2 Å². The van der Waals surface area contributed by atoms with Gasteiger partial charge < -0.3 is 149 Å². The molecule has 18 rings (SSSR count). The Bertz CT molecular complexity index is 6640. The van der Waals surface area contributed by atoms with Crippen molar-refractivity contribution in [2.24, 2.45) is 0 Å². The third-order valence-corrected chi connectivity index (χ3v) is 21.5. The summed E-state index contributed by atoms with van der Waals surface area (Å²) in [6, 6.07) is 27.7. The van der Waals surface area contributed by atoms with Gasteiger partial charge in [0.2, 0.25) is 17.8 Å². The second-order valence-electron chi connectivity index (χ2n) is 31.1. The van der Waals surface area contributed by atoms with E-state index >= 15 is 0 Å². The van der Waals surface area contributed by atoms with Gasteiger partial charge in [0.25, 0.3) is 16.7 Å². The number of H-pyrrole nitrogens is 3. The quantitative estimate of drug-likeness (QED) is 0.0147. The van der Waals surface area contributed by atoms with Crippen LogP contribution in [0.3, 0.4) is 0 Å². The predicted molar refractivity (Wildman–Crippen MR) is 519 cm³/mol. The molecule has 53 nitrogen and oxygen atoms in total. The average molecular weight is 2030 g/mol. The summed E-state index contributed by atoms with van der Waals surface area (Å²) >= 11 is 0. The van der Waals surface area contributed by atoms with Gasteiger partial charge in [-0.25, -0.2) is 44.9 Å². The third kappa shape index (κ3) is 28.0. The number of benzene rings is 3. The van der Waals surface area contributed by atoms with Crippen LogP contribution < -0.4 is 59.6 Å². The summed E-state index contributed by atoms with van der Waals surface area (Å²) < 4.78 is 118. The number of rotatable bonds is 35. The van der Waals surface area contributed by atoms with E-state index in [1.54, 1.807) is 56.3 Å². The molecule has 0 radical (unpaired) electrons. The summed E-state index contributed by atoms with van der Waals surface area (Å²) in [6.07, 6.45) is 18.1. The molecule has 778 valence electrons. The first kappa shape index (κ1) is 111. The number of para-hydroxylation sites is 3. The van der Waals surface area contributed by atoms with Gasteiger partial charge in [-0.15, -0.1) is 49.9 Å². The van der Waals surface area contributed by atoms with Crippen LogP contribution in [0.25, 0.3) is 55.8 Å². The fraction of sp³-hybridized carbons (Fsp3) is 0.430. The lowest BCUT2D eigenvalue weighted by atomic mass is 10.1. The van der Waals surface area contributed by atoms with Gasteiger partial charge >= 0.3 is 0 Å². The number of imidazole rings is 5. The number of hydrogen-bond donors (Lipinski definition) is 13. The number of ether oxygens (including phenoxy) is 20. The number of nitrogens with two attached hydrogens (primary N) is 5. The maximum Gasteiger partial charge on any atom is 0.280 e. The Labute approximate surface area is 832 Å². The molecule has 20 atom stereocenters. The highest BCUT2D eigenvalue weighted by molar-refractivity contribution is 5.82. The van der Waals surface area contributed by atoms with E-state index in [1.165, 1.54) is 79.3 Å². The first-order chi connectivity index (χ1) is 70.8. The highest BCUT2D eigenvalue weighted by Gasteiger charge is 2.52. The molecule has 20 unspecified atom stereocenters. The van der Waals surface area contributed by atoms with Crippen LogP contribution in [0, 0.1) is 61.7 Å². The molecule has 13 aromatic rings. The summed E-state index contributed by atoms with van der Waals surface area (Å²) in [4.78, 5) is 92.1. The Kier molecular flexibility index (Phi) is 42.6. The van der Waals surface area contributed by atoms with Crippen LogP contribution in [0.5, 0.6) is 17.2 Å². The molecule has 18 N–H and O–H groups in total. The van der Waals surface area contributed by atoms with Crippen LogP contribution in [-0.4, -0.2) is 330 Å². The van der Waals surface area contributed by atoms with Gasteiger partial charge in [0, 0.05) is 35.5 Å². The molecule has 0 bridgehead atoms. The molecule has 5 saturated heterocycles. The normalized spacial score (nSPS) is 23.5. The minimum atomic E-state index is -1.09. The van der Waals surface area contributed by atoms with E-state index in [0.717, 1.165) is 0 Å². The van der Waals surface area contributed by atoms with E-state index in [4.69, 9.17) is 136 Å². The zero-order valence-electron chi connectivity index (χ0n) is 80.2. The summed E-state index contributed by atoms with van der Waals surface area (Å²) in [5.41, 5.74) is 29.8. The van der Waals surface area contributed by atoms with Crippen molar-refractivity contribution in [3.8, 4) is 79.0 Å². The Morgan fingerprint density at radius 1 is 0.336 bits per heavy atom. The van der Waals surface area contributed by atoms with E-state index in [0.29, 0.717) is 39.6 Å². The Morgan fingerprint density at radius 3 is 0.890 bits per heavy atom. The van der Waals surface area contributed by atoms with Crippen molar-refractivity contribution >= 4 is 85.3 Å². The Hall–Kier alpha value is -14.9. The second-order valence-corrected chi connectivity index (χ2v) is 31.1. The van der Waals surface area contributed by atoms with Gasteiger partial charge in [-0.2, -0.15) is 15.0 Å². The van der Waals surface area contributed by atoms with Crippen LogP contribution >= 0.6 is 0 Å². The molecule has 146 heavy (non-hydrogen) atoms. The largest absolute Gasteiger partial charge is 0.468 e. The fourth-order valence-electron chi connectivity index (χ4n) is 15.3. The second kappa shape index (κ2) is 55.8. The molecule has 0 spiro atoms. The number of terminal acetylenes is 5. The zero-order chi connectivity index (χ0) is 105. The summed E-state index contributed by atoms with van der Waals surface area (Å²) in [7, 11) is 7.61. The molecule has 5 aliphatic rings. The monoisotopic (exact) mass is 2030 g/mol. The van der Waals surface area contributed by atoms with Gasteiger partial charge in [-0.1, -0.05) is 66.4 Å². The van der Waals surface area contributed by atoms with Crippen molar-refractivity contribution in [3.05, 3.63) is 166 Å². The SMILES string of the molecule is C#CC.C#CC.C#CC.C#CCOCOC1C(COC)OC(n2cnc3c(=O)[nH]c(N)nc32)C1O.C#CCOCOC1C(O)C(COC)OC1n1cnc2c(=O)[nH]c(N)nc21.COCC1OC(n2cnc3c(=O)[nH]c(N)nc32)C(O)C1OCOc1ccccc1.COCC1OC(n2cnc3c(N)ncnc32)C(O)C1OCOc1ccccc1.COCC1OC(n2cnc3c(N)ncnc32)C(OCOc2ccccc2)C1O. The maximum absolute atomic E-state index is 12.0. The number of nitrogen functional groups attached to an aromatic ring is 5. The minimum Gasteiger partial charge on any atom is -0.468 e. The summed E-state index contributed by atoms with van der Waals surface area (Å²) in [5, 5.41) is 53.6. The average Bonchev–Trinajstić information content (AvgIpc) is 1.63. The number of anilines is 5. The lowest BCUT2D eigenvalue weighted by Gasteiger charge is -2.22. The van der Waals surface area contributed by atoms with Crippen molar-refractivity contribution in [1.29, 1.82) is 0 Å². The maximum atomic E-state index is 12.0. The van der Waals surface area contributed by atoms with Gasteiger partial charge in [0.05, 0.1) is 64.7 Å². The van der Waals surface area contributed by atoms with Crippen molar-refractivity contribution in [1.82, 2.24) is 97.6 Å². The molecule has 0 saturated carbocycles. The van der Waals surface area contributed by atoms with E-state index in [1.807, 2.05) is 78.9 Å². The van der Waals surface area contributed by atoms with Crippen molar-refractivity contribution < 1.29 is 120 Å². The molecule has 5 aliphatic heterocycles. The highest BCUT2D eigenvalue weighted by atomic mass is 16.7. The van der Waals surface area contributed by atoms with E-state index < -0.39 is 139 Å². The lowest BCUT2D eigenvalue weighted by Crippen LogP contribution is -2.37. The van der Waals surface area contributed by atoms with Crippen LogP contribution in [-0.2, 0) is 80.5 Å². The first-order valence-electron chi connectivity index (χ1n) is 44.2. The van der Waals surface area contributed by atoms with Crippen LogP contribution in [0.2, 0.25) is 0 Å². The van der Waals surface area contributed by atoms with Crippen molar-refractivity contribution in [3.63, 3.8) is 0 Å². The van der Waals surface area contributed by atoms with Crippen molar-refractivity contribution in [2.75, 3.05) is 144 Å². The number of hydrogen-bond acceptors (Lipinski definition) is 45. The minimum absolute atomic E-state index is 0.0399. The Morgan fingerprint density at radius 2 is 0.589 bits per heavy atom. The molecular weight excluding hydrogens is 1920 g/mol. The van der Waals surface area contributed by atoms with E-state index in [-0.39, 0.29) is 143 Å². The number of methoxy groups -OCH3 is 5. The lowest BCUT2D eigenvalue weighted by molar-refractivity contribution is -0.133. The fourth-order valence-corrected chi connectivity index (χ4v) is 15.3. The number of aromatic amines is 3.